The molecule has 0 aliphatic heterocycles. The fraction of sp³-hybridized carbons (Fsp3) is 0.188. The highest BCUT2D eigenvalue weighted by atomic mass is 32.2. The second kappa shape index (κ2) is 5.55. The van der Waals surface area contributed by atoms with Crippen LogP contribution in [0, 0.1) is 13.8 Å². The topological polar surface area (TPSA) is 74.8 Å². The van der Waals surface area contributed by atoms with Crippen molar-refractivity contribution in [2.75, 3.05) is 0 Å². The largest absolute Gasteiger partial charge is 0.342 e. The van der Waals surface area contributed by atoms with Crippen LogP contribution in [0.15, 0.2) is 47.4 Å². The van der Waals surface area contributed by atoms with Crippen LogP contribution in [0.4, 0.5) is 0 Å². The summed E-state index contributed by atoms with van der Waals surface area (Å²) in [6.07, 6.45) is 0. The van der Waals surface area contributed by atoms with Crippen LogP contribution in [-0.4, -0.2) is 18.4 Å². The number of hydrogen-bond acceptors (Lipinski definition) is 3. The van der Waals surface area contributed by atoms with E-state index in [4.69, 9.17) is 0 Å². The van der Waals surface area contributed by atoms with Gasteiger partial charge in [-0.3, -0.25) is 0 Å². The third-order valence-corrected chi connectivity index (χ3v) is 4.87. The first-order chi connectivity index (χ1) is 10.4. The van der Waals surface area contributed by atoms with Gasteiger partial charge >= 0.3 is 0 Å². The van der Waals surface area contributed by atoms with Gasteiger partial charge in [-0.2, -0.15) is 0 Å². The fourth-order valence-corrected chi connectivity index (χ4v) is 3.29. The zero-order chi connectivity index (χ0) is 15.7. The number of rotatable bonds is 4. The van der Waals surface area contributed by atoms with Crippen molar-refractivity contribution in [3.8, 4) is 0 Å². The molecule has 0 saturated heterocycles. The zero-order valence-electron chi connectivity index (χ0n) is 12.4. The van der Waals surface area contributed by atoms with Crippen molar-refractivity contribution < 1.29 is 8.42 Å². The summed E-state index contributed by atoms with van der Waals surface area (Å²) < 4.78 is 27.4. The van der Waals surface area contributed by atoms with Crippen molar-refractivity contribution in [2.24, 2.45) is 0 Å². The molecule has 0 fully saturated rings. The van der Waals surface area contributed by atoms with E-state index in [-0.39, 0.29) is 11.4 Å². The Hall–Kier alpha value is -2.18. The van der Waals surface area contributed by atoms with Crippen molar-refractivity contribution in [1.29, 1.82) is 0 Å². The Morgan fingerprint density at radius 1 is 1.09 bits per heavy atom. The first kappa shape index (κ1) is 14.7. The first-order valence-electron chi connectivity index (χ1n) is 6.96. The molecule has 0 amide bonds. The maximum atomic E-state index is 12.4. The summed E-state index contributed by atoms with van der Waals surface area (Å²) in [7, 11) is -3.55. The summed E-state index contributed by atoms with van der Waals surface area (Å²) in [5.74, 6) is 0.761. The molecule has 2 aromatic carbocycles. The molecule has 0 saturated carbocycles. The van der Waals surface area contributed by atoms with E-state index < -0.39 is 10.0 Å². The molecule has 114 valence electrons. The van der Waals surface area contributed by atoms with E-state index in [0.29, 0.717) is 0 Å². The van der Waals surface area contributed by atoms with E-state index in [1.54, 1.807) is 18.2 Å². The number of aromatic amines is 1. The van der Waals surface area contributed by atoms with Crippen molar-refractivity contribution in [3.63, 3.8) is 0 Å². The highest BCUT2D eigenvalue weighted by Crippen LogP contribution is 2.17. The number of imidazole rings is 1. The summed E-state index contributed by atoms with van der Waals surface area (Å²) in [4.78, 5) is 7.55. The Morgan fingerprint density at radius 2 is 1.82 bits per heavy atom. The average molecular weight is 315 g/mol. The molecule has 0 aliphatic carbocycles. The Morgan fingerprint density at radius 3 is 2.55 bits per heavy atom. The van der Waals surface area contributed by atoms with E-state index in [0.717, 1.165) is 28.0 Å². The van der Waals surface area contributed by atoms with Gasteiger partial charge in [0.2, 0.25) is 10.0 Å². The lowest BCUT2D eigenvalue weighted by Crippen LogP contribution is -2.23. The van der Waals surface area contributed by atoms with Crippen LogP contribution < -0.4 is 4.72 Å². The number of fused-ring (bicyclic) bond motifs is 1. The van der Waals surface area contributed by atoms with Crippen LogP contribution in [0.2, 0.25) is 0 Å². The number of H-pyrrole nitrogens is 1. The summed E-state index contributed by atoms with van der Waals surface area (Å²) in [5, 5.41) is 0. The van der Waals surface area contributed by atoms with Crippen LogP contribution in [0.5, 0.6) is 0 Å². The molecule has 0 aliphatic rings. The quantitative estimate of drug-likeness (QED) is 0.777. The lowest BCUT2D eigenvalue weighted by atomic mass is 10.2. The summed E-state index contributed by atoms with van der Waals surface area (Å²) in [6.45, 7) is 4.10. The predicted molar refractivity (Wildman–Crippen MR) is 86.0 cm³/mol. The van der Waals surface area contributed by atoms with Crippen LogP contribution >= 0.6 is 0 Å². The standard InChI is InChI=1S/C16H17N3O2S/c1-11-3-5-13(6-4-11)10-17-22(20,21)14-7-8-15-16(9-14)19-12(2)18-15/h3-9,17H,10H2,1-2H3,(H,18,19). The van der Waals surface area contributed by atoms with Crippen molar-refractivity contribution in [3.05, 3.63) is 59.4 Å². The van der Waals surface area contributed by atoms with Crippen molar-refractivity contribution in [1.82, 2.24) is 14.7 Å². The predicted octanol–water partition coefficient (Wildman–Crippen LogP) is 2.66. The molecule has 1 aromatic heterocycles. The molecule has 2 N–H and O–H groups in total. The monoisotopic (exact) mass is 315 g/mol. The van der Waals surface area contributed by atoms with Gasteiger partial charge in [-0.25, -0.2) is 18.1 Å². The van der Waals surface area contributed by atoms with Crippen molar-refractivity contribution in [2.45, 2.75) is 25.3 Å². The number of nitrogens with zero attached hydrogens (tertiary/aromatic N) is 1. The summed E-state index contributed by atoms with van der Waals surface area (Å²) >= 11 is 0. The Bertz CT molecular complexity index is 912. The molecule has 0 radical (unpaired) electrons. The number of aryl methyl sites for hydroxylation is 2. The molecule has 0 atom stereocenters. The highest BCUT2D eigenvalue weighted by molar-refractivity contribution is 7.89. The molecule has 0 unspecified atom stereocenters. The minimum absolute atomic E-state index is 0.232. The average Bonchev–Trinajstić information content (AvgIpc) is 2.86. The van der Waals surface area contributed by atoms with E-state index in [1.807, 2.05) is 38.1 Å². The van der Waals surface area contributed by atoms with E-state index >= 15 is 0 Å². The molecule has 3 rings (SSSR count). The maximum Gasteiger partial charge on any atom is 0.240 e. The van der Waals surface area contributed by atoms with Gasteiger partial charge in [0, 0.05) is 6.54 Å². The molecule has 0 spiro atoms. The molecule has 3 aromatic rings. The molecular formula is C16H17N3O2S. The van der Waals surface area contributed by atoms with Gasteiger partial charge in [0.25, 0.3) is 0 Å². The molecule has 0 bridgehead atoms. The van der Waals surface area contributed by atoms with Crippen LogP contribution in [-0.2, 0) is 16.6 Å². The van der Waals surface area contributed by atoms with Gasteiger partial charge < -0.3 is 4.98 Å². The normalized spacial score (nSPS) is 11.9. The molecular weight excluding hydrogens is 298 g/mol. The van der Waals surface area contributed by atoms with Gasteiger partial charge in [-0.15, -0.1) is 0 Å². The lowest BCUT2D eigenvalue weighted by molar-refractivity contribution is 0.581. The summed E-state index contributed by atoms with van der Waals surface area (Å²) in [6, 6.07) is 12.6. The third-order valence-electron chi connectivity index (χ3n) is 3.47. The number of benzene rings is 2. The summed E-state index contributed by atoms with van der Waals surface area (Å²) in [5.41, 5.74) is 3.55. The zero-order valence-corrected chi connectivity index (χ0v) is 13.2. The number of nitrogens with one attached hydrogen (secondary N) is 2. The minimum atomic E-state index is -3.55. The minimum Gasteiger partial charge on any atom is -0.342 e. The highest BCUT2D eigenvalue weighted by Gasteiger charge is 2.15. The number of sulfonamides is 1. The van der Waals surface area contributed by atoms with Crippen molar-refractivity contribution >= 4 is 21.1 Å². The number of hydrogen-bond donors (Lipinski definition) is 2. The van der Waals surface area contributed by atoms with E-state index in [2.05, 4.69) is 14.7 Å². The number of aromatic nitrogens is 2. The SMILES string of the molecule is Cc1ccc(CNS(=O)(=O)c2ccc3nc(C)[nH]c3c2)cc1. The Labute approximate surface area is 129 Å². The Kier molecular flexibility index (Phi) is 3.72. The van der Waals surface area contributed by atoms with Crippen LogP contribution in [0.3, 0.4) is 0 Å². The second-order valence-corrected chi connectivity index (χ2v) is 7.08. The second-order valence-electron chi connectivity index (χ2n) is 5.31. The van der Waals surface area contributed by atoms with Crippen LogP contribution in [0.25, 0.3) is 11.0 Å². The van der Waals surface area contributed by atoms with E-state index in [9.17, 15) is 8.42 Å². The smallest absolute Gasteiger partial charge is 0.240 e. The first-order valence-corrected chi connectivity index (χ1v) is 8.44. The molecule has 1 heterocycles. The molecule has 6 heteroatoms. The third kappa shape index (κ3) is 3.03. The van der Waals surface area contributed by atoms with Gasteiger partial charge in [-0.05, 0) is 37.6 Å². The Balaban J connectivity index is 1.82. The van der Waals surface area contributed by atoms with E-state index in [1.165, 1.54) is 0 Å². The van der Waals surface area contributed by atoms with Gasteiger partial charge in [0.1, 0.15) is 5.82 Å². The molecule has 5 nitrogen and oxygen atoms in total. The lowest BCUT2D eigenvalue weighted by Gasteiger charge is -2.07. The van der Waals surface area contributed by atoms with Gasteiger partial charge in [0.05, 0.1) is 15.9 Å². The maximum absolute atomic E-state index is 12.4. The van der Waals surface area contributed by atoms with Gasteiger partial charge in [0.15, 0.2) is 0 Å². The molecule has 22 heavy (non-hydrogen) atoms. The van der Waals surface area contributed by atoms with Gasteiger partial charge in [-0.1, -0.05) is 29.8 Å². The fourth-order valence-electron chi connectivity index (χ4n) is 2.25. The van der Waals surface area contributed by atoms with Crippen LogP contribution in [0.1, 0.15) is 17.0 Å².